The van der Waals surface area contributed by atoms with Gasteiger partial charge in [0, 0.05) is 42.1 Å². The van der Waals surface area contributed by atoms with E-state index in [1.807, 2.05) is 37.3 Å². The SMILES string of the molecule is COc1cc(OC)cc(O[C@@H]2C[C@@H]3CN(c4nnc(C)c5ccccc45)C[C@@H]3C[C@H]2O)c1. The van der Waals surface area contributed by atoms with Gasteiger partial charge < -0.3 is 24.2 Å². The van der Waals surface area contributed by atoms with E-state index >= 15 is 0 Å². The molecular weight excluding hydrogens is 406 g/mol. The number of hydrogen-bond acceptors (Lipinski definition) is 7. The topological polar surface area (TPSA) is 76.9 Å². The molecular formula is C25H29N3O4. The van der Waals surface area contributed by atoms with E-state index in [2.05, 4.69) is 27.2 Å². The van der Waals surface area contributed by atoms with E-state index in [1.165, 1.54) is 0 Å². The molecule has 2 fully saturated rings. The van der Waals surface area contributed by atoms with Crippen LogP contribution in [0.25, 0.3) is 10.8 Å². The molecule has 0 amide bonds. The summed E-state index contributed by atoms with van der Waals surface area (Å²) in [5.74, 6) is 3.75. The fraction of sp³-hybridized carbons (Fsp3) is 0.440. The summed E-state index contributed by atoms with van der Waals surface area (Å²) in [6, 6.07) is 13.8. The van der Waals surface area contributed by atoms with Crippen LogP contribution in [0.5, 0.6) is 17.2 Å². The molecule has 1 aliphatic carbocycles. The predicted molar refractivity (Wildman–Crippen MR) is 123 cm³/mol. The maximum absolute atomic E-state index is 10.9. The summed E-state index contributed by atoms with van der Waals surface area (Å²) in [5.41, 5.74) is 0.943. The Balaban J connectivity index is 1.34. The molecule has 168 valence electrons. The third-order valence-corrected chi connectivity index (χ3v) is 6.85. The molecule has 3 aromatic rings. The van der Waals surface area contributed by atoms with Crippen LogP contribution in [0.15, 0.2) is 42.5 Å². The fourth-order valence-corrected chi connectivity index (χ4v) is 5.17. The van der Waals surface area contributed by atoms with Crippen molar-refractivity contribution >= 4 is 16.6 Å². The number of aromatic nitrogens is 2. The van der Waals surface area contributed by atoms with Crippen LogP contribution >= 0.6 is 0 Å². The number of nitrogens with zero attached hydrogens (tertiary/aromatic N) is 3. The zero-order valence-electron chi connectivity index (χ0n) is 18.7. The molecule has 1 saturated carbocycles. The minimum Gasteiger partial charge on any atom is -0.496 e. The normalized spacial score (nSPS) is 24.9. The van der Waals surface area contributed by atoms with Gasteiger partial charge >= 0.3 is 0 Å². The van der Waals surface area contributed by atoms with E-state index in [4.69, 9.17) is 14.2 Å². The Bertz CT molecular complexity index is 1100. The Morgan fingerprint density at radius 2 is 1.50 bits per heavy atom. The lowest BCUT2D eigenvalue weighted by molar-refractivity contribution is -0.0232. The number of ether oxygens (including phenoxy) is 3. The standard InChI is InChI=1S/C25H29N3O4/c1-15-21-6-4-5-7-22(21)25(27-26-15)28-13-16-8-23(29)24(9-17(16)14-28)32-20-11-18(30-2)10-19(12-20)31-3/h4-7,10-12,16-17,23-24,29H,8-9,13-14H2,1-3H3/t16-,17+,23+,24+/m0/s1. The first-order valence-electron chi connectivity index (χ1n) is 11.1. The van der Waals surface area contributed by atoms with Gasteiger partial charge in [-0.25, -0.2) is 0 Å². The minimum atomic E-state index is -0.519. The quantitative estimate of drug-likeness (QED) is 0.656. The molecule has 1 saturated heterocycles. The van der Waals surface area contributed by atoms with Gasteiger partial charge in [0.05, 0.1) is 26.0 Å². The highest BCUT2D eigenvalue weighted by molar-refractivity contribution is 5.93. The van der Waals surface area contributed by atoms with E-state index in [1.54, 1.807) is 14.2 Å². The second-order valence-corrected chi connectivity index (χ2v) is 8.82. The van der Waals surface area contributed by atoms with Crippen LogP contribution in [0.3, 0.4) is 0 Å². The van der Waals surface area contributed by atoms with Crippen molar-refractivity contribution in [3.05, 3.63) is 48.2 Å². The number of aliphatic hydroxyl groups is 1. The van der Waals surface area contributed by atoms with Crippen LogP contribution in [-0.2, 0) is 0 Å². The number of anilines is 1. The average molecular weight is 436 g/mol. The highest BCUT2D eigenvalue weighted by Gasteiger charge is 2.43. The van der Waals surface area contributed by atoms with E-state index in [-0.39, 0.29) is 6.10 Å². The molecule has 1 aromatic heterocycles. The number of rotatable bonds is 5. The van der Waals surface area contributed by atoms with Crippen molar-refractivity contribution in [2.75, 3.05) is 32.2 Å². The van der Waals surface area contributed by atoms with E-state index in [0.29, 0.717) is 35.5 Å². The summed E-state index contributed by atoms with van der Waals surface area (Å²) in [6.07, 6.45) is 0.714. The first-order chi connectivity index (χ1) is 15.6. The van der Waals surface area contributed by atoms with Crippen molar-refractivity contribution in [1.29, 1.82) is 0 Å². The molecule has 32 heavy (non-hydrogen) atoms. The van der Waals surface area contributed by atoms with Crippen LogP contribution in [0.1, 0.15) is 18.5 Å². The van der Waals surface area contributed by atoms with Crippen LogP contribution in [-0.4, -0.2) is 54.8 Å². The number of hydrogen-bond donors (Lipinski definition) is 1. The summed E-state index contributed by atoms with van der Waals surface area (Å²) in [4.78, 5) is 2.33. The summed E-state index contributed by atoms with van der Waals surface area (Å²) >= 11 is 0. The van der Waals surface area contributed by atoms with Crippen LogP contribution < -0.4 is 19.1 Å². The molecule has 7 heteroatoms. The summed E-state index contributed by atoms with van der Waals surface area (Å²) in [5, 5.41) is 22.1. The summed E-state index contributed by atoms with van der Waals surface area (Å²) in [7, 11) is 3.23. The molecule has 1 N–H and O–H groups in total. The smallest absolute Gasteiger partial charge is 0.159 e. The lowest BCUT2D eigenvalue weighted by Crippen LogP contribution is -2.42. The van der Waals surface area contributed by atoms with Crippen molar-refractivity contribution < 1.29 is 19.3 Å². The molecule has 4 atom stereocenters. The maximum Gasteiger partial charge on any atom is 0.159 e. The van der Waals surface area contributed by atoms with Gasteiger partial charge in [0.2, 0.25) is 0 Å². The number of benzene rings is 2. The third-order valence-electron chi connectivity index (χ3n) is 6.85. The van der Waals surface area contributed by atoms with E-state index in [0.717, 1.165) is 41.8 Å². The Morgan fingerprint density at radius 1 is 0.875 bits per heavy atom. The second kappa shape index (κ2) is 8.47. The molecule has 7 nitrogen and oxygen atoms in total. The maximum atomic E-state index is 10.9. The van der Waals surface area contributed by atoms with Crippen LogP contribution in [0.4, 0.5) is 5.82 Å². The molecule has 2 heterocycles. The molecule has 5 rings (SSSR count). The van der Waals surface area contributed by atoms with Gasteiger partial charge in [-0.15, -0.1) is 5.10 Å². The first-order valence-corrected chi connectivity index (χ1v) is 11.1. The number of aryl methyl sites for hydroxylation is 1. The molecule has 1 aliphatic heterocycles. The van der Waals surface area contributed by atoms with Crippen LogP contribution in [0.2, 0.25) is 0 Å². The van der Waals surface area contributed by atoms with E-state index in [9.17, 15) is 5.11 Å². The Hall–Kier alpha value is -3.06. The predicted octanol–water partition coefficient (Wildman–Crippen LogP) is 3.61. The molecule has 2 aromatic carbocycles. The van der Waals surface area contributed by atoms with Crippen molar-refractivity contribution in [3.63, 3.8) is 0 Å². The van der Waals surface area contributed by atoms with Gasteiger partial charge in [0.15, 0.2) is 5.82 Å². The zero-order chi connectivity index (χ0) is 22.2. The third kappa shape index (κ3) is 3.81. The second-order valence-electron chi connectivity index (χ2n) is 8.82. The van der Waals surface area contributed by atoms with Crippen molar-refractivity contribution in [1.82, 2.24) is 10.2 Å². The van der Waals surface area contributed by atoms with Gasteiger partial charge in [-0.3, -0.25) is 0 Å². The molecule has 0 spiro atoms. The largest absolute Gasteiger partial charge is 0.496 e. The lowest BCUT2D eigenvalue weighted by atomic mass is 9.78. The Kier molecular flexibility index (Phi) is 5.51. The summed E-state index contributed by atoms with van der Waals surface area (Å²) in [6.45, 7) is 3.76. The molecule has 0 radical (unpaired) electrons. The highest BCUT2D eigenvalue weighted by Crippen LogP contribution is 2.41. The minimum absolute atomic E-state index is 0.270. The van der Waals surface area contributed by atoms with Crippen LogP contribution in [0, 0.1) is 18.8 Å². The summed E-state index contributed by atoms with van der Waals surface area (Å²) < 4.78 is 16.9. The number of methoxy groups -OCH3 is 2. The zero-order valence-corrected chi connectivity index (χ0v) is 18.7. The molecule has 2 aliphatic rings. The number of aliphatic hydroxyl groups excluding tert-OH is 1. The molecule has 0 unspecified atom stereocenters. The highest BCUT2D eigenvalue weighted by atomic mass is 16.5. The van der Waals surface area contributed by atoms with E-state index < -0.39 is 6.10 Å². The van der Waals surface area contributed by atoms with Crippen molar-refractivity contribution in [2.45, 2.75) is 32.0 Å². The average Bonchev–Trinajstić information content (AvgIpc) is 3.21. The van der Waals surface area contributed by atoms with Crippen molar-refractivity contribution in [3.8, 4) is 17.2 Å². The van der Waals surface area contributed by atoms with Gasteiger partial charge in [-0.05, 0) is 31.6 Å². The van der Waals surface area contributed by atoms with Gasteiger partial charge in [0.25, 0.3) is 0 Å². The lowest BCUT2D eigenvalue weighted by Gasteiger charge is -2.35. The van der Waals surface area contributed by atoms with Gasteiger partial charge in [0.1, 0.15) is 23.4 Å². The Morgan fingerprint density at radius 3 is 2.19 bits per heavy atom. The Labute approximate surface area is 187 Å². The van der Waals surface area contributed by atoms with Gasteiger partial charge in [-0.2, -0.15) is 5.10 Å². The monoisotopic (exact) mass is 435 g/mol. The molecule has 0 bridgehead atoms. The number of fused-ring (bicyclic) bond motifs is 2. The first kappa shape index (κ1) is 20.8. The van der Waals surface area contributed by atoms with Crippen molar-refractivity contribution in [2.24, 2.45) is 11.8 Å². The van der Waals surface area contributed by atoms with Gasteiger partial charge in [-0.1, -0.05) is 24.3 Å². The fourth-order valence-electron chi connectivity index (χ4n) is 5.17.